The van der Waals surface area contributed by atoms with Gasteiger partial charge in [-0.05, 0) is 32.1 Å². The van der Waals surface area contributed by atoms with Crippen LogP contribution in [0.1, 0.15) is 44.9 Å². The molecule has 2 aliphatic rings. The fourth-order valence-corrected chi connectivity index (χ4v) is 2.64. The summed E-state index contributed by atoms with van der Waals surface area (Å²) >= 11 is 0. The molecule has 0 bridgehead atoms. The van der Waals surface area contributed by atoms with Crippen LogP contribution in [0.3, 0.4) is 0 Å². The number of ether oxygens (including phenoxy) is 1. The minimum atomic E-state index is -0.356. The Morgan fingerprint density at radius 2 is 2.12 bits per heavy atom. The Morgan fingerprint density at radius 1 is 1.41 bits per heavy atom. The van der Waals surface area contributed by atoms with Crippen molar-refractivity contribution >= 4 is 5.91 Å². The van der Waals surface area contributed by atoms with Crippen molar-refractivity contribution in [2.75, 3.05) is 13.7 Å². The minimum Gasteiger partial charge on any atom is -0.391 e. The van der Waals surface area contributed by atoms with Crippen molar-refractivity contribution in [3.8, 4) is 0 Å². The molecule has 0 saturated heterocycles. The maximum absolute atomic E-state index is 12.2. The molecule has 2 atom stereocenters. The molecule has 2 unspecified atom stereocenters. The molecule has 1 amide bonds. The second kappa shape index (κ2) is 5.36. The first-order valence-electron chi connectivity index (χ1n) is 6.66. The molecule has 4 nitrogen and oxygen atoms in total. The predicted molar refractivity (Wildman–Crippen MR) is 64.6 cm³/mol. The summed E-state index contributed by atoms with van der Waals surface area (Å²) in [6.07, 6.45) is 6.28. The van der Waals surface area contributed by atoms with Crippen molar-refractivity contribution in [3.63, 3.8) is 0 Å². The van der Waals surface area contributed by atoms with E-state index >= 15 is 0 Å². The topological polar surface area (TPSA) is 58.6 Å². The molecule has 0 aromatic heterocycles. The van der Waals surface area contributed by atoms with Gasteiger partial charge in [-0.25, -0.2) is 0 Å². The molecule has 98 valence electrons. The molecular formula is C13H23NO3. The number of methoxy groups -OCH3 is 1. The zero-order valence-electron chi connectivity index (χ0n) is 10.6. The summed E-state index contributed by atoms with van der Waals surface area (Å²) in [6.45, 7) is 0.640. The highest BCUT2D eigenvalue weighted by Gasteiger charge is 2.49. The molecule has 0 aliphatic heterocycles. The van der Waals surface area contributed by atoms with Crippen molar-refractivity contribution in [1.82, 2.24) is 5.32 Å². The largest absolute Gasteiger partial charge is 0.391 e. The van der Waals surface area contributed by atoms with E-state index < -0.39 is 0 Å². The summed E-state index contributed by atoms with van der Waals surface area (Å²) in [5.41, 5.74) is -0.187. The second-order valence-electron chi connectivity index (χ2n) is 5.45. The Hall–Kier alpha value is -0.610. The van der Waals surface area contributed by atoms with E-state index in [1.54, 1.807) is 7.11 Å². The Morgan fingerprint density at radius 3 is 2.71 bits per heavy atom. The van der Waals surface area contributed by atoms with Gasteiger partial charge in [-0.2, -0.15) is 0 Å². The van der Waals surface area contributed by atoms with Crippen LogP contribution in [0.4, 0.5) is 0 Å². The van der Waals surface area contributed by atoms with Crippen molar-refractivity contribution < 1.29 is 14.6 Å². The first-order valence-corrected chi connectivity index (χ1v) is 6.66. The molecule has 2 saturated carbocycles. The van der Waals surface area contributed by atoms with Gasteiger partial charge in [-0.15, -0.1) is 0 Å². The van der Waals surface area contributed by atoms with Crippen LogP contribution in [0.2, 0.25) is 0 Å². The molecule has 17 heavy (non-hydrogen) atoms. The summed E-state index contributed by atoms with van der Waals surface area (Å²) in [4.78, 5) is 12.2. The first kappa shape index (κ1) is 12.8. The standard InChI is InChI=1S/C13H23NO3/c1-17-9-8-13(6-7-13)12(16)14-10-4-2-3-5-11(10)15/h10-11,15H,2-9H2,1H3,(H,14,16). The zero-order chi connectivity index (χ0) is 12.3. The van der Waals surface area contributed by atoms with Crippen LogP contribution in [-0.2, 0) is 9.53 Å². The van der Waals surface area contributed by atoms with E-state index in [-0.39, 0.29) is 23.5 Å². The maximum Gasteiger partial charge on any atom is 0.226 e. The molecule has 2 aliphatic carbocycles. The normalized spacial score (nSPS) is 30.9. The van der Waals surface area contributed by atoms with Gasteiger partial charge < -0.3 is 15.2 Å². The van der Waals surface area contributed by atoms with Crippen LogP contribution in [-0.4, -0.2) is 36.9 Å². The SMILES string of the molecule is COCCC1(C(=O)NC2CCCCC2O)CC1. The van der Waals surface area contributed by atoms with Crippen molar-refractivity contribution in [2.45, 2.75) is 57.1 Å². The van der Waals surface area contributed by atoms with E-state index in [0.717, 1.165) is 44.9 Å². The van der Waals surface area contributed by atoms with Gasteiger partial charge in [0.05, 0.1) is 17.6 Å². The van der Waals surface area contributed by atoms with Crippen LogP contribution in [0.5, 0.6) is 0 Å². The Bertz CT molecular complexity index is 276. The summed E-state index contributed by atoms with van der Waals surface area (Å²) in [5, 5.41) is 12.9. The summed E-state index contributed by atoms with van der Waals surface area (Å²) in [5.74, 6) is 0.125. The second-order valence-corrected chi connectivity index (χ2v) is 5.45. The van der Waals surface area contributed by atoms with Gasteiger partial charge in [0.1, 0.15) is 0 Å². The maximum atomic E-state index is 12.2. The van der Waals surface area contributed by atoms with E-state index in [1.165, 1.54) is 0 Å². The summed E-state index contributed by atoms with van der Waals surface area (Å²) < 4.78 is 5.05. The number of rotatable bonds is 5. The molecule has 0 spiro atoms. The monoisotopic (exact) mass is 241 g/mol. The minimum absolute atomic E-state index is 0.0312. The van der Waals surface area contributed by atoms with E-state index in [0.29, 0.717) is 6.61 Å². The highest BCUT2D eigenvalue weighted by atomic mass is 16.5. The number of aliphatic hydroxyl groups is 1. The fraction of sp³-hybridized carbons (Fsp3) is 0.923. The third kappa shape index (κ3) is 2.99. The van der Waals surface area contributed by atoms with Gasteiger partial charge >= 0.3 is 0 Å². The number of carbonyl (C=O) groups is 1. The van der Waals surface area contributed by atoms with Crippen LogP contribution in [0.25, 0.3) is 0 Å². The van der Waals surface area contributed by atoms with E-state index in [1.807, 2.05) is 0 Å². The Balaban J connectivity index is 1.83. The summed E-state index contributed by atoms with van der Waals surface area (Å²) in [7, 11) is 1.67. The lowest BCUT2D eigenvalue weighted by molar-refractivity contribution is -0.129. The van der Waals surface area contributed by atoms with Gasteiger partial charge in [-0.3, -0.25) is 4.79 Å². The van der Waals surface area contributed by atoms with Gasteiger partial charge in [-0.1, -0.05) is 12.8 Å². The average molecular weight is 241 g/mol. The number of hydrogen-bond donors (Lipinski definition) is 2. The Kier molecular flexibility index (Phi) is 4.05. The van der Waals surface area contributed by atoms with Gasteiger partial charge in [0.2, 0.25) is 5.91 Å². The lowest BCUT2D eigenvalue weighted by atomic mass is 9.91. The predicted octanol–water partition coefficient (Wildman–Crippen LogP) is 1.22. The lowest BCUT2D eigenvalue weighted by Crippen LogP contribution is -2.47. The molecule has 4 heteroatoms. The fourth-order valence-electron chi connectivity index (χ4n) is 2.64. The average Bonchev–Trinajstić information content (AvgIpc) is 3.11. The van der Waals surface area contributed by atoms with Gasteiger partial charge in [0.15, 0.2) is 0 Å². The molecule has 0 aromatic rings. The molecule has 2 N–H and O–H groups in total. The van der Waals surface area contributed by atoms with Crippen LogP contribution < -0.4 is 5.32 Å². The number of carbonyl (C=O) groups excluding carboxylic acids is 1. The number of aliphatic hydroxyl groups excluding tert-OH is 1. The van der Waals surface area contributed by atoms with E-state index in [4.69, 9.17) is 4.74 Å². The quantitative estimate of drug-likeness (QED) is 0.761. The smallest absolute Gasteiger partial charge is 0.226 e. The van der Waals surface area contributed by atoms with Crippen LogP contribution >= 0.6 is 0 Å². The number of nitrogens with one attached hydrogen (secondary N) is 1. The molecule has 2 fully saturated rings. The molecule has 0 aromatic carbocycles. The first-order chi connectivity index (χ1) is 8.18. The Labute approximate surface area is 103 Å². The van der Waals surface area contributed by atoms with Gasteiger partial charge in [0.25, 0.3) is 0 Å². The number of hydrogen-bond acceptors (Lipinski definition) is 3. The molecule has 2 rings (SSSR count). The third-order valence-corrected chi connectivity index (χ3v) is 4.17. The van der Waals surface area contributed by atoms with Crippen LogP contribution in [0, 0.1) is 5.41 Å². The van der Waals surface area contributed by atoms with Crippen molar-refractivity contribution in [1.29, 1.82) is 0 Å². The van der Waals surface area contributed by atoms with Crippen molar-refractivity contribution in [2.24, 2.45) is 5.41 Å². The highest BCUT2D eigenvalue weighted by Crippen LogP contribution is 2.49. The number of amides is 1. The zero-order valence-corrected chi connectivity index (χ0v) is 10.6. The van der Waals surface area contributed by atoms with E-state index in [9.17, 15) is 9.90 Å². The van der Waals surface area contributed by atoms with Crippen LogP contribution in [0.15, 0.2) is 0 Å². The lowest BCUT2D eigenvalue weighted by Gasteiger charge is -2.30. The summed E-state index contributed by atoms with van der Waals surface area (Å²) in [6, 6.07) is -0.0312. The van der Waals surface area contributed by atoms with Gasteiger partial charge in [0, 0.05) is 13.7 Å². The molecular weight excluding hydrogens is 218 g/mol. The highest BCUT2D eigenvalue weighted by molar-refractivity contribution is 5.85. The molecule has 0 heterocycles. The third-order valence-electron chi connectivity index (χ3n) is 4.17. The molecule has 0 radical (unpaired) electrons. The van der Waals surface area contributed by atoms with E-state index in [2.05, 4.69) is 5.32 Å². The van der Waals surface area contributed by atoms with Crippen molar-refractivity contribution in [3.05, 3.63) is 0 Å².